The van der Waals surface area contributed by atoms with Crippen LogP contribution in [0.2, 0.25) is 0 Å². The van der Waals surface area contributed by atoms with Gasteiger partial charge in [-0.05, 0) is 36.8 Å². The van der Waals surface area contributed by atoms with Gasteiger partial charge in [0.25, 0.3) is 5.69 Å². The van der Waals surface area contributed by atoms with Crippen molar-refractivity contribution in [3.05, 3.63) is 69.9 Å². The summed E-state index contributed by atoms with van der Waals surface area (Å²) in [5, 5.41) is 10.6. The van der Waals surface area contributed by atoms with E-state index in [0.29, 0.717) is 19.0 Å². The highest BCUT2D eigenvalue weighted by atomic mass is 16.6. The maximum atomic E-state index is 12.3. The fraction of sp³-hybridized carbons (Fsp3) is 0.263. The normalized spacial score (nSPS) is 16.8. The van der Waals surface area contributed by atoms with E-state index in [2.05, 4.69) is 4.98 Å². The Morgan fingerprint density at radius 3 is 2.77 bits per heavy atom. The Bertz CT molecular complexity index is 833. The standard InChI is InChI=1S/C19H19N3O4/c1-14-3-2-4-18(20-14)26-17-11-12-21(13-17)19(23)10-7-15-5-8-16(9-6-15)22(24)25/h2-10,17H,11-13H2,1H3/b10-7+. The molecule has 7 heteroatoms. The minimum Gasteiger partial charge on any atom is -0.472 e. The average molecular weight is 353 g/mol. The third-order valence-electron chi connectivity index (χ3n) is 4.13. The number of non-ortho nitro benzene ring substituents is 1. The first kappa shape index (κ1) is 17.6. The molecule has 1 fully saturated rings. The second-order valence-electron chi connectivity index (χ2n) is 6.11. The first-order valence-corrected chi connectivity index (χ1v) is 8.33. The highest BCUT2D eigenvalue weighted by Gasteiger charge is 2.26. The summed E-state index contributed by atoms with van der Waals surface area (Å²) in [6.07, 6.45) is 3.82. The van der Waals surface area contributed by atoms with Crippen LogP contribution < -0.4 is 4.74 Å². The van der Waals surface area contributed by atoms with E-state index in [-0.39, 0.29) is 17.7 Å². The average Bonchev–Trinajstić information content (AvgIpc) is 3.08. The van der Waals surface area contributed by atoms with Crippen molar-refractivity contribution in [2.75, 3.05) is 13.1 Å². The minimum absolute atomic E-state index is 0.0257. The van der Waals surface area contributed by atoms with Gasteiger partial charge in [0.1, 0.15) is 6.10 Å². The topological polar surface area (TPSA) is 85.6 Å². The molecule has 7 nitrogen and oxygen atoms in total. The Labute approximate surface area is 151 Å². The number of hydrogen-bond donors (Lipinski definition) is 0. The van der Waals surface area contributed by atoms with Crippen LogP contribution in [0.3, 0.4) is 0 Å². The predicted octanol–water partition coefficient (Wildman–Crippen LogP) is 2.99. The molecular weight excluding hydrogens is 334 g/mol. The lowest BCUT2D eigenvalue weighted by molar-refractivity contribution is -0.384. The maximum Gasteiger partial charge on any atom is 0.269 e. The molecule has 26 heavy (non-hydrogen) atoms. The summed E-state index contributed by atoms with van der Waals surface area (Å²) in [5.41, 5.74) is 1.65. The fourth-order valence-electron chi connectivity index (χ4n) is 2.76. The molecule has 1 saturated heterocycles. The van der Waals surface area contributed by atoms with Crippen molar-refractivity contribution in [1.82, 2.24) is 9.88 Å². The highest BCUT2D eigenvalue weighted by molar-refractivity contribution is 5.92. The van der Waals surface area contributed by atoms with E-state index in [4.69, 9.17) is 4.74 Å². The van der Waals surface area contributed by atoms with Crippen molar-refractivity contribution < 1.29 is 14.5 Å². The maximum absolute atomic E-state index is 12.3. The van der Waals surface area contributed by atoms with Gasteiger partial charge in [-0.15, -0.1) is 0 Å². The van der Waals surface area contributed by atoms with Crippen LogP contribution in [0.1, 0.15) is 17.7 Å². The zero-order valence-corrected chi connectivity index (χ0v) is 14.4. The first-order valence-electron chi connectivity index (χ1n) is 8.33. The van der Waals surface area contributed by atoms with Crippen LogP contribution in [0.5, 0.6) is 5.88 Å². The van der Waals surface area contributed by atoms with Crippen LogP contribution in [0.25, 0.3) is 6.08 Å². The van der Waals surface area contributed by atoms with E-state index in [1.807, 2.05) is 25.1 Å². The number of nitro benzene ring substituents is 1. The molecule has 0 saturated carbocycles. The molecule has 0 aliphatic carbocycles. The van der Waals surface area contributed by atoms with Crippen molar-refractivity contribution in [2.45, 2.75) is 19.4 Å². The van der Waals surface area contributed by atoms with Crippen molar-refractivity contribution in [3.8, 4) is 5.88 Å². The second kappa shape index (κ2) is 7.77. The number of amides is 1. The molecule has 1 aromatic carbocycles. The summed E-state index contributed by atoms with van der Waals surface area (Å²) in [7, 11) is 0. The van der Waals surface area contributed by atoms with Gasteiger partial charge >= 0.3 is 0 Å². The molecule has 1 atom stereocenters. The Balaban J connectivity index is 1.54. The number of pyridine rings is 1. The summed E-state index contributed by atoms with van der Waals surface area (Å²) >= 11 is 0. The van der Waals surface area contributed by atoms with Crippen LogP contribution in [-0.2, 0) is 4.79 Å². The Morgan fingerprint density at radius 2 is 2.08 bits per heavy atom. The van der Waals surface area contributed by atoms with E-state index in [1.165, 1.54) is 18.2 Å². The lowest BCUT2D eigenvalue weighted by Crippen LogP contribution is -2.29. The molecule has 1 unspecified atom stereocenters. The monoisotopic (exact) mass is 353 g/mol. The molecule has 1 aromatic heterocycles. The molecule has 0 bridgehead atoms. The van der Waals surface area contributed by atoms with Gasteiger partial charge in [0.15, 0.2) is 0 Å². The number of rotatable bonds is 5. The summed E-state index contributed by atoms with van der Waals surface area (Å²) in [4.78, 5) is 28.5. The third-order valence-corrected chi connectivity index (χ3v) is 4.13. The molecule has 1 amide bonds. The smallest absolute Gasteiger partial charge is 0.269 e. The number of likely N-dealkylation sites (tertiary alicyclic amines) is 1. The quantitative estimate of drug-likeness (QED) is 0.469. The number of carbonyl (C=O) groups excluding carboxylic acids is 1. The summed E-state index contributed by atoms with van der Waals surface area (Å²) in [6.45, 7) is 3.04. The Morgan fingerprint density at radius 1 is 1.31 bits per heavy atom. The van der Waals surface area contributed by atoms with E-state index in [0.717, 1.165) is 17.7 Å². The third kappa shape index (κ3) is 4.44. The van der Waals surface area contributed by atoms with Crippen LogP contribution in [0, 0.1) is 17.0 Å². The minimum atomic E-state index is -0.452. The van der Waals surface area contributed by atoms with Crippen LogP contribution >= 0.6 is 0 Å². The Kier molecular flexibility index (Phi) is 5.26. The number of carbonyl (C=O) groups is 1. The van der Waals surface area contributed by atoms with Gasteiger partial charge in [0, 0.05) is 42.9 Å². The summed E-state index contributed by atoms with van der Waals surface area (Å²) in [6, 6.07) is 11.7. The Hall–Kier alpha value is -3.22. The molecule has 0 spiro atoms. The molecule has 134 valence electrons. The largest absolute Gasteiger partial charge is 0.472 e. The zero-order valence-electron chi connectivity index (χ0n) is 14.4. The van der Waals surface area contributed by atoms with E-state index >= 15 is 0 Å². The van der Waals surface area contributed by atoms with Gasteiger partial charge in [-0.3, -0.25) is 14.9 Å². The molecular formula is C19H19N3O4. The van der Waals surface area contributed by atoms with Crippen LogP contribution in [0.15, 0.2) is 48.5 Å². The van der Waals surface area contributed by atoms with Gasteiger partial charge in [-0.2, -0.15) is 0 Å². The lowest BCUT2D eigenvalue weighted by atomic mass is 10.2. The summed E-state index contributed by atoms with van der Waals surface area (Å²) in [5.74, 6) is 0.470. The molecule has 1 aliphatic rings. The molecule has 0 radical (unpaired) electrons. The number of nitro groups is 1. The number of ether oxygens (including phenoxy) is 1. The van der Waals surface area contributed by atoms with Gasteiger partial charge in [0.05, 0.1) is 11.5 Å². The molecule has 3 rings (SSSR count). The van der Waals surface area contributed by atoms with Crippen molar-refractivity contribution in [1.29, 1.82) is 0 Å². The van der Waals surface area contributed by atoms with Gasteiger partial charge in [0.2, 0.25) is 11.8 Å². The number of aryl methyl sites for hydroxylation is 1. The molecule has 1 aliphatic heterocycles. The van der Waals surface area contributed by atoms with Gasteiger partial charge in [-0.1, -0.05) is 6.07 Å². The highest BCUT2D eigenvalue weighted by Crippen LogP contribution is 2.18. The van der Waals surface area contributed by atoms with Gasteiger partial charge < -0.3 is 9.64 Å². The molecule has 2 heterocycles. The predicted molar refractivity (Wildman–Crippen MR) is 96.7 cm³/mol. The first-order chi connectivity index (χ1) is 12.5. The van der Waals surface area contributed by atoms with Crippen molar-refractivity contribution in [3.63, 3.8) is 0 Å². The number of hydrogen-bond acceptors (Lipinski definition) is 5. The second-order valence-corrected chi connectivity index (χ2v) is 6.11. The molecule has 0 N–H and O–H groups in total. The van der Waals surface area contributed by atoms with Crippen molar-refractivity contribution in [2.24, 2.45) is 0 Å². The van der Waals surface area contributed by atoms with Gasteiger partial charge in [-0.25, -0.2) is 4.98 Å². The fourth-order valence-corrected chi connectivity index (χ4v) is 2.76. The van der Waals surface area contributed by atoms with E-state index in [1.54, 1.807) is 23.1 Å². The number of nitrogens with zero attached hydrogens (tertiary/aromatic N) is 3. The molecule has 2 aromatic rings. The van der Waals surface area contributed by atoms with Crippen LogP contribution in [-0.4, -0.2) is 39.9 Å². The number of benzene rings is 1. The zero-order chi connectivity index (χ0) is 18.5. The van der Waals surface area contributed by atoms with Crippen molar-refractivity contribution >= 4 is 17.7 Å². The van der Waals surface area contributed by atoms with E-state index < -0.39 is 4.92 Å². The van der Waals surface area contributed by atoms with E-state index in [9.17, 15) is 14.9 Å². The van der Waals surface area contributed by atoms with Crippen LogP contribution in [0.4, 0.5) is 5.69 Å². The lowest BCUT2D eigenvalue weighted by Gasteiger charge is -2.15. The SMILES string of the molecule is Cc1cccc(OC2CCN(C(=O)/C=C/c3ccc([N+](=O)[O-])cc3)C2)n1. The number of aromatic nitrogens is 1. The summed E-state index contributed by atoms with van der Waals surface area (Å²) < 4.78 is 5.84.